The summed E-state index contributed by atoms with van der Waals surface area (Å²) in [5.41, 5.74) is 19.5. The maximum atomic E-state index is 6.93. The molecule has 0 bridgehead atoms. The molecule has 0 fully saturated rings. The van der Waals surface area contributed by atoms with Gasteiger partial charge in [0, 0.05) is 32.9 Å². The Bertz CT molecular complexity index is 3200. The highest BCUT2D eigenvalue weighted by Crippen LogP contribution is 2.40. The molecule has 3 aromatic heterocycles. The van der Waals surface area contributed by atoms with Crippen LogP contribution in [0.25, 0.3) is 94.7 Å². The van der Waals surface area contributed by atoms with Gasteiger partial charge in [0.1, 0.15) is 66.1 Å². The fourth-order valence-corrected chi connectivity index (χ4v) is 9.11. The van der Waals surface area contributed by atoms with E-state index in [1.54, 1.807) is 0 Å². The summed E-state index contributed by atoms with van der Waals surface area (Å²) in [7, 11) is 16.0. The third-order valence-electron chi connectivity index (χ3n) is 12.4. The number of hydrogen-bond acceptors (Lipinski definition) is 4. The Morgan fingerprint density at radius 3 is 1.53 bits per heavy atom. The van der Waals surface area contributed by atoms with Gasteiger partial charge in [-0.05, 0) is 34.7 Å². The van der Waals surface area contributed by atoms with Gasteiger partial charge in [-0.15, -0.1) is 5.46 Å². The second-order valence-electron chi connectivity index (χ2n) is 15.4. The molecule has 57 heavy (non-hydrogen) atoms. The van der Waals surface area contributed by atoms with Gasteiger partial charge in [-0.25, -0.2) is 15.0 Å². The highest BCUT2D eigenvalue weighted by Gasteiger charge is 2.27. The van der Waals surface area contributed by atoms with E-state index in [1.165, 1.54) is 71.2 Å². The molecule has 262 valence electrons. The Kier molecular flexibility index (Phi) is 8.22. The summed E-state index contributed by atoms with van der Waals surface area (Å²) in [5.74, 6) is 1.80. The molecule has 0 aliphatic rings. The quantitative estimate of drug-likeness (QED) is 0.222. The van der Waals surface area contributed by atoms with Crippen molar-refractivity contribution >= 4 is 137 Å². The zero-order valence-electron chi connectivity index (χ0n) is 33.3. The zero-order valence-corrected chi connectivity index (χ0v) is 33.3. The number of furan rings is 1. The Morgan fingerprint density at radius 2 is 0.912 bits per heavy atom. The molecule has 0 saturated carbocycles. The Balaban J connectivity index is 1.30. The van der Waals surface area contributed by atoms with Crippen molar-refractivity contribution in [3.8, 4) is 51.0 Å². The number of para-hydroxylation sites is 1. The predicted molar refractivity (Wildman–Crippen MR) is 260 cm³/mol. The lowest BCUT2D eigenvalue weighted by Gasteiger charge is -2.19. The minimum absolute atomic E-state index is 0.568. The van der Waals surface area contributed by atoms with Crippen LogP contribution in [0.4, 0.5) is 0 Å². The van der Waals surface area contributed by atoms with E-state index in [-0.39, 0.29) is 0 Å². The number of rotatable bonds is 5. The lowest BCUT2D eigenvalue weighted by atomic mass is 9.64. The van der Waals surface area contributed by atoms with Gasteiger partial charge in [-0.3, -0.25) is 0 Å². The smallest absolute Gasteiger partial charge is 0.167 e. The van der Waals surface area contributed by atoms with Crippen molar-refractivity contribution in [2.75, 3.05) is 0 Å². The van der Waals surface area contributed by atoms with Crippen LogP contribution in [0.1, 0.15) is 0 Å². The Labute approximate surface area is 337 Å². The third-order valence-corrected chi connectivity index (χ3v) is 12.4. The topological polar surface area (TPSA) is 56.7 Å². The first-order valence-electron chi connectivity index (χ1n) is 19.6. The summed E-state index contributed by atoms with van der Waals surface area (Å²) in [5, 5.41) is 4.71. The fraction of sp³-hybridized carbons (Fsp3) is 0. The molecule has 0 aliphatic carbocycles. The highest BCUT2D eigenvalue weighted by atomic mass is 16.3. The number of hydrogen-bond donors (Lipinski definition) is 0. The zero-order chi connectivity index (χ0) is 39.1. The summed E-state index contributed by atoms with van der Waals surface area (Å²) in [6, 6.07) is 43.8. The summed E-state index contributed by atoms with van der Waals surface area (Å²) in [4.78, 5) is 15.1. The minimum Gasteiger partial charge on any atom is -0.455 e. The first-order chi connectivity index (χ1) is 27.7. The van der Waals surface area contributed by atoms with Crippen molar-refractivity contribution in [1.29, 1.82) is 0 Å². The Hall–Kier alpha value is -6.40. The standard InChI is InChI=1S/C45H35B7N4O/c46-33-29(22-12-4-1-5-13-22)34(47)38(51)40-31(33)32-35(48)36(49)37(50)39(52)41(32)56(40)27-20-11-21-28-30(27)25-18-10-19-26(42(25)57-28)45-54-43(23-14-6-2-7-15-23)53-44(55-45)24-16-8-3-9-17-24/h1-21H,46-52H2. The number of benzene rings is 7. The molecule has 10 rings (SSSR count). The number of fused-ring (bicyclic) bond motifs is 6. The van der Waals surface area contributed by atoms with Crippen LogP contribution in [-0.2, 0) is 0 Å². The molecule has 3 heterocycles. The van der Waals surface area contributed by atoms with E-state index in [9.17, 15) is 0 Å². The first kappa shape index (κ1) is 35.0. The molecule has 7 aromatic carbocycles. The van der Waals surface area contributed by atoms with E-state index < -0.39 is 0 Å². The second-order valence-corrected chi connectivity index (χ2v) is 15.4. The SMILES string of the molecule is Bc1c(B)c(B)c2c(c1B)c1c(B)c(-c3ccccc3)c(B)c(B)c1n2-c1cccc2oc3c(-c4nc(-c5ccccc5)nc(-c5ccccc5)n4)cccc3c12. The average Bonchev–Trinajstić information content (AvgIpc) is 3.83. The van der Waals surface area contributed by atoms with Gasteiger partial charge >= 0.3 is 0 Å². The largest absolute Gasteiger partial charge is 0.455 e. The van der Waals surface area contributed by atoms with Crippen LogP contribution in [0.5, 0.6) is 0 Å². The molecule has 0 saturated heterocycles. The van der Waals surface area contributed by atoms with Crippen LogP contribution in [-0.4, -0.2) is 74.4 Å². The summed E-state index contributed by atoms with van der Waals surface area (Å²) < 4.78 is 9.47. The lowest BCUT2D eigenvalue weighted by Crippen LogP contribution is -2.48. The van der Waals surface area contributed by atoms with Gasteiger partial charge in [-0.1, -0.05) is 142 Å². The van der Waals surface area contributed by atoms with Crippen LogP contribution in [0, 0.1) is 0 Å². The van der Waals surface area contributed by atoms with Gasteiger partial charge in [-0.2, -0.15) is 0 Å². The second kappa shape index (κ2) is 13.4. The van der Waals surface area contributed by atoms with E-state index in [0.29, 0.717) is 17.5 Å². The Morgan fingerprint density at radius 1 is 0.404 bits per heavy atom. The molecule has 12 heteroatoms. The van der Waals surface area contributed by atoms with Crippen LogP contribution in [0.3, 0.4) is 0 Å². The normalized spacial score (nSPS) is 11.6. The van der Waals surface area contributed by atoms with Crippen molar-refractivity contribution in [2.45, 2.75) is 0 Å². The van der Waals surface area contributed by atoms with Gasteiger partial charge in [0.15, 0.2) is 17.5 Å². The van der Waals surface area contributed by atoms with Crippen molar-refractivity contribution < 1.29 is 4.42 Å². The molecule has 0 spiro atoms. The molecule has 5 nitrogen and oxygen atoms in total. The lowest BCUT2D eigenvalue weighted by molar-refractivity contribution is 0.669. The molecule has 0 aliphatic heterocycles. The number of aromatic nitrogens is 4. The molecule has 0 radical (unpaired) electrons. The molecule has 0 N–H and O–H groups in total. The van der Waals surface area contributed by atoms with E-state index in [0.717, 1.165) is 44.3 Å². The predicted octanol–water partition coefficient (Wildman–Crippen LogP) is -0.655. The van der Waals surface area contributed by atoms with E-state index in [1.807, 2.05) is 60.7 Å². The fourth-order valence-electron chi connectivity index (χ4n) is 9.11. The maximum absolute atomic E-state index is 6.93. The van der Waals surface area contributed by atoms with Crippen LogP contribution >= 0.6 is 0 Å². The van der Waals surface area contributed by atoms with Crippen molar-refractivity contribution in [1.82, 2.24) is 19.5 Å². The molecule has 0 unspecified atom stereocenters. The minimum atomic E-state index is 0.568. The van der Waals surface area contributed by atoms with Crippen LogP contribution in [0.15, 0.2) is 132 Å². The van der Waals surface area contributed by atoms with E-state index in [2.05, 4.69) is 126 Å². The third kappa shape index (κ3) is 5.30. The van der Waals surface area contributed by atoms with Gasteiger partial charge in [0.25, 0.3) is 0 Å². The molecular weight excluding hydrogens is 688 g/mol. The van der Waals surface area contributed by atoms with Crippen molar-refractivity contribution in [3.63, 3.8) is 0 Å². The molecular formula is C45H35B7N4O. The summed E-state index contributed by atoms with van der Waals surface area (Å²) in [6.07, 6.45) is 0. The molecule has 10 aromatic rings. The monoisotopic (exact) mass is 724 g/mol. The molecule has 0 amide bonds. The average molecular weight is 723 g/mol. The number of nitrogens with zero attached hydrogens (tertiary/aromatic N) is 4. The highest BCUT2D eigenvalue weighted by molar-refractivity contribution is 6.69. The van der Waals surface area contributed by atoms with E-state index >= 15 is 0 Å². The summed E-state index contributed by atoms with van der Waals surface area (Å²) in [6.45, 7) is 0. The van der Waals surface area contributed by atoms with Crippen LogP contribution in [0.2, 0.25) is 0 Å². The first-order valence-corrected chi connectivity index (χ1v) is 19.6. The van der Waals surface area contributed by atoms with Gasteiger partial charge < -0.3 is 8.98 Å². The van der Waals surface area contributed by atoms with Gasteiger partial charge in [0.2, 0.25) is 0 Å². The molecule has 0 atom stereocenters. The summed E-state index contributed by atoms with van der Waals surface area (Å²) >= 11 is 0. The maximum Gasteiger partial charge on any atom is 0.167 e. The van der Waals surface area contributed by atoms with Crippen molar-refractivity contribution in [3.05, 3.63) is 127 Å². The van der Waals surface area contributed by atoms with Crippen molar-refractivity contribution in [2.24, 2.45) is 0 Å². The van der Waals surface area contributed by atoms with Gasteiger partial charge in [0.05, 0.1) is 16.6 Å². The van der Waals surface area contributed by atoms with E-state index in [4.69, 9.17) is 19.4 Å². The van der Waals surface area contributed by atoms with Crippen LogP contribution < -0.4 is 38.2 Å².